The molecule has 4 heteroatoms. The second-order valence-electron chi connectivity index (χ2n) is 2.08. The lowest BCUT2D eigenvalue weighted by Gasteiger charge is -1.97. The summed E-state index contributed by atoms with van der Waals surface area (Å²) in [6.45, 7) is 5.32. The average Bonchev–Trinajstić information content (AvgIpc) is 2.11. The molecule has 0 heterocycles. The number of hydrogen-bond donors (Lipinski definition) is 3. The van der Waals surface area contributed by atoms with E-state index in [9.17, 15) is 4.79 Å². The van der Waals surface area contributed by atoms with Gasteiger partial charge in [0.25, 0.3) is 0 Å². The molecule has 0 aromatic carbocycles. The smallest absolute Gasteiger partial charge is 0.211 e. The van der Waals surface area contributed by atoms with Crippen molar-refractivity contribution in [2.24, 2.45) is 5.84 Å². The zero-order chi connectivity index (χ0) is 9.40. The molecule has 0 bridgehead atoms. The number of carbonyl (C=O) groups excluding carboxylic acids is 1. The third-order valence-corrected chi connectivity index (χ3v) is 1.19. The van der Waals surface area contributed by atoms with Crippen LogP contribution in [0.4, 0.5) is 0 Å². The lowest BCUT2D eigenvalue weighted by molar-refractivity contribution is -0.108. The van der Waals surface area contributed by atoms with Crippen molar-refractivity contribution in [2.45, 2.75) is 6.92 Å². The molecule has 0 unspecified atom stereocenters. The van der Waals surface area contributed by atoms with Crippen LogP contribution in [0.25, 0.3) is 0 Å². The van der Waals surface area contributed by atoms with E-state index in [1.165, 1.54) is 6.08 Å². The lowest BCUT2D eigenvalue weighted by atomic mass is 10.3. The van der Waals surface area contributed by atoms with Crippen molar-refractivity contribution in [3.05, 3.63) is 36.2 Å². The van der Waals surface area contributed by atoms with E-state index in [4.69, 9.17) is 5.84 Å². The number of allylic oxidation sites excluding steroid dienone is 4. The normalized spacial score (nSPS) is 12.2. The molecule has 0 saturated carbocycles. The molecular formula is C8H13N3O. The molecule has 4 nitrogen and oxygen atoms in total. The first-order valence-electron chi connectivity index (χ1n) is 3.42. The molecule has 0 atom stereocenters. The number of rotatable bonds is 5. The van der Waals surface area contributed by atoms with Crippen LogP contribution >= 0.6 is 0 Å². The zero-order valence-corrected chi connectivity index (χ0v) is 7.00. The number of hydrazine groups is 1. The van der Waals surface area contributed by atoms with E-state index >= 15 is 0 Å². The van der Waals surface area contributed by atoms with Gasteiger partial charge in [-0.1, -0.05) is 6.58 Å². The van der Waals surface area contributed by atoms with E-state index < -0.39 is 0 Å². The summed E-state index contributed by atoms with van der Waals surface area (Å²) in [5, 5.41) is 2.46. The molecule has 0 spiro atoms. The molecular weight excluding hydrogens is 154 g/mol. The first-order chi connectivity index (χ1) is 5.74. The highest BCUT2D eigenvalue weighted by Crippen LogP contribution is 1.92. The molecule has 0 aromatic heterocycles. The largest absolute Gasteiger partial charge is 0.329 e. The highest BCUT2D eigenvalue weighted by molar-refractivity contribution is 5.52. The minimum Gasteiger partial charge on any atom is -0.329 e. The summed E-state index contributed by atoms with van der Waals surface area (Å²) in [6.07, 6.45) is 5.55. The summed E-state index contributed by atoms with van der Waals surface area (Å²) >= 11 is 0. The van der Waals surface area contributed by atoms with Gasteiger partial charge in [0.1, 0.15) is 0 Å². The van der Waals surface area contributed by atoms with Crippen molar-refractivity contribution in [2.75, 3.05) is 0 Å². The summed E-state index contributed by atoms with van der Waals surface area (Å²) in [4.78, 5) is 10.0. The van der Waals surface area contributed by atoms with Gasteiger partial charge in [-0.3, -0.25) is 10.6 Å². The van der Waals surface area contributed by atoms with Gasteiger partial charge < -0.3 is 10.7 Å². The Morgan fingerprint density at radius 2 is 2.17 bits per heavy atom. The summed E-state index contributed by atoms with van der Waals surface area (Å²) in [7, 11) is 0. The Balaban J connectivity index is 4.28. The minimum atomic E-state index is 0.590. The average molecular weight is 167 g/mol. The molecule has 0 saturated heterocycles. The molecule has 0 aliphatic carbocycles. The molecule has 0 aromatic rings. The highest BCUT2D eigenvalue weighted by Gasteiger charge is 1.85. The van der Waals surface area contributed by atoms with Crippen LogP contribution in [0.1, 0.15) is 6.92 Å². The van der Waals surface area contributed by atoms with Crippen LogP contribution in [0.15, 0.2) is 36.2 Å². The van der Waals surface area contributed by atoms with Crippen LogP contribution in [-0.2, 0) is 4.79 Å². The maximum absolute atomic E-state index is 10.0. The molecule has 0 fully saturated rings. The molecule has 66 valence electrons. The van der Waals surface area contributed by atoms with E-state index in [0.717, 1.165) is 5.70 Å². The Morgan fingerprint density at radius 1 is 1.50 bits per heavy atom. The maximum atomic E-state index is 10.0. The Labute approximate surface area is 71.8 Å². The van der Waals surface area contributed by atoms with Crippen LogP contribution in [0.5, 0.6) is 0 Å². The van der Waals surface area contributed by atoms with Crippen molar-refractivity contribution in [1.29, 1.82) is 0 Å². The summed E-state index contributed by atoms with van der Waals surface area (Å²) < 4.78 is 0. The number of nitrogens with two attached hydrogens (primary N) is 1. The lowest BCUT2D eigenvalue weighted by Crippen LogP contribution is -2.18. The molecule has 0 aliphatic heterocycles. The van der Waals surface area contributed by atoms with Crippen LogP contribution in [0.3, 0.4) is 0 Å². The second kappa shape index (κ2) is 6.18. The van der Waals surface area contributed by atoms with Gasteiger partial charge >= 0.3 is 0 Å². The molecule has 0 rings (SSSR count). The molecule has 0 aliphatic rings. The summed E-state index contributed by atoms with van der Waals surface area (Å²) in [6, 6.07) is 0. The Hall–Kier alpha value is -1.55. The van der Waals surface area contributed by atoms with Crippen LogP contribution in [-0.4, -0.2) is 6.41 Å². The van der Waals surface area contributed by atoms with Crippen LogP contribution in [0, 0.1) is 0 Å². The van der Waals surface area contributed by atoms with Gasteiger partial charge in [0.2, 0.25) is 6.41 Å². The van der Waals surface area contributed by atoms with E-state index in [1.807, 2.05) is 0 Å². The predicted octanol–water partition coefficient (Wildman–Crippen LogP) is 0.169. The Morgan fingerprint density at radius 3 is 2.58 bits per heavy atom. The van der Waals surface area contributed by atoms with Crippen LogP contribution < -0.4 is 16.6 Å². The monoisotopic (exact) mass is 167 g/mol. The van der Waals surface area contributed by atoms with E-state index in [-0.39, 0.29) is 0 Å². The quantitative estimate of drug-likeness (QED) is 0.237. The standard InChI is InChI=1S/C8H13N3O/c1-3-8(10-6-12)5-4-7(2)11-9/h3-6,11H,1,9H2,2H3,(H,10,12)/b7-4+,8-5+. The number of hydrogen-bond acceptors (Lipinski definition) is 3. The van der Waals surface area contributed by atoms with Crippen molar-refractivity contribution >= 4 is 6.41 Å². The number of nitrogens with one attached hydrogen (secondary N) is 2. The minimum absolute atomic E-state index is 0.590. The van der Waals surface area contributed by atoms with E-state index in [0.29, 0.717) is 12.1 Å². The fourth-order valence-corrected chi connectivity index (χ4v) is 0.506. The second-order valence-corrected chi connectivity index (χ2v) is 2.08. The van der Waals surface area contributed by atoms with Gasteiger partial charge in [0, 0.05) is 11.4 Å². The van der Waals surface area contributed by atoms with Gasteiger partial charge in [-0.25, -0.2) is 0 Å². The zero-order valence-electron chi connectivity index (χ0n) is 7.00. The van der Waals surface area contributed by atoms with E-state index in [2.05, 4.69) is 17.3 Å². The van der Waals surface area contributed by atoms with Crippen molar-refractivity contribution in [3.63, 3.8) is 0 Å². The topological polar surface area (TPSA) is 67.2 Å². The first-order valence-corrected chi connectivity index (χ1v) is 3.42. The van der Waals surface area contributed by atoms with Crippen LogP contribution in [0.2, 0.25) is 0 Å². The van der Waals surface area contributed by atoms with Gasteiger partial charge in [-0.15, -0.1) is 0 Å². The van der Waals surface area contributed by atoms with Crippen molar-refractivity contribution in [1.82, 2.24) is 10.7 Å². The fraction of sp³-hybridized carbons (Fsp3) is 0.125. The fourth-order valence-electron chi connectivity index (χ4n) is 0.506. The number of amides is 1. The van der Waals surface area contributed by atoms with Crippen molar-refractivity contribution < 1.29 is 4.79 Å². The Kier molecular flexibility index (Phi) is 5.38. The van der Waals surface area contributed by atoms with E-state index in [1.54, 1.807) is 19.1 Å². The van der Waals surface area contributed by atoms with Gasteiger partial charge in [-0.05, 0) is 25.2 Å². The molecule has 1 amide bonds. The maximum Gasteiger partial charge on any atom is 0.211 e. The third-order valence-electron chi connectivity index (χ3n) is 1.19. The first kappa shape index (κ1) is 10.4. The molecule has 12 heavy (non-hydrogen) atoms. The molecule has 4 N–H and O–H groups in total. The van der Waals surface area contributed by atoms with Gasteiger partial charge in [-0.2, -0.15) is 0 Å². The SMILES string of the molecule is C=C/C(=C\C=C(/C)NN)NC=O. The van der Waals surface area contributed by atoms with Crippen molar-refractivity contribution in [3.8, 4) is 0 Å². The Bertz CT molecular complexity index is 218. The summed E-state index contributed by atoms with van der Waals surface area (Å²) in [5.41, 5.74) is 3.87. The van der Waals surface area contributed by atoms with Gasteiger partial charge in [0.05, 0.1) is 0 Å². The predicted molar refractivity (Wildman–Crippen MR) is 48.6 cm³/mol. The number of carbonyl (C=O) groups is 1. The molecule has 0 radical (unpaired) electrons. The van der Waals surface area contributed by atoms with Gasteiger partial charge in [0.15, 0.2) is 0 Å². The third kappa shape index (κ3) is 4.29. The highest BCUT2D eigenvalue weighted by atomic mass is 16.1. The summed E-state index contributed by atoms with van der Waals surface area (Å²) in [5.74, 6) is 5.11.